The predicted octanol–water partition coefficient (Wildman–Crippen LogP) is 0.907. The fraction of sp³-hybridized carbons (Fsp3) is 0.400. The van der Waals surface area contributed by atoms with Gasteiger partial charge in [-0.3, -0.25) is 19.7 Å². The van der Waals surface area contributed by atoms with Crippen molar-refractivity contribution >= 4 is 29.3 Å². The summed E-state index contributed by atoms with van der Waals surface area (Å²) in [4.78, 5) is 37.2. The van der Waals surface area contributed by atoms with Crippen LogP contribution in [-0.2, 0) is 20.8 Å². The van der Waals surface area contributed by atoms with Gasteiger partial charge in [-0.1, -0.05) is 11.6 Å². The van der Waals surface area contributed by atoms with Crippen LogP contribution in [0.15, 0.2) is 18.2 Å². The molecule has 1 fully saturated rings. The number of likely N-dealkylation sites (N-methyl/N-ethyl adjacent to an activating group) is 1. The number of nitrogens with zero attached hydrogens (tertiary/aromatic N) is 1. The SMILES string of the molecule is CCN(C(=O)[C@H]1Cc2cc(Cl)ccc2O1)[C@H]1CC(=O)NC1=O. The molecule has 1 saturated heterocycles. The number of ether oxygens (including phenoxy) is 1. The number of imide groups is 1. The van der Waals surface area contributed by atoms with E-state index in [9.17, 15) is 14.4 Å². The van der Waals surface area contributed by atoms with Crippen molar-refractivity contribution in [3.63, 3.8) is 0 Å². The van der Waals surface area contributed by atoms with E-state index in [4.69, 9.17) is 16.3 Å². The van der Waals surface area contributed by atoms with E-state index < -0.39 is 18.1 Å². The zero-order valence-corrected chi connectivity index (χ0v) is 12.7. The van der Waals surface area contributed by atoms with Gasteiger partial charge in [0.2, 0.25) is 11.8 Å². The Labute approximate surface area is 132 Å². The topological polar surface area (TPSA) is 75.7 Å². The average Bonchev–Trinajstić information content (AvgIpc) is 3.02. The number of hydrogen-bond donors (Lipinski definition) is 1. The summed E-state index contributed by atoms with van der Waals surface area (Å²) in [5.41, 5.74) is 0.869. The Hall–Kier alpha value is -2.08. The van der Waals surface area contributed by atoms with E-state index >= 15 is 0 Å². The van der Waals surface area contributed by atoms with Crippen LogP contribution in [0.25, 0.3) is 0 Å². The monoisotopic (exact) mass is 322 g/mol. The van der Waals surface area contributed by atoms with Crippen molar-refractivity contribution in [2.24, 2.45) is 0 Å². The van der Waals surface area contributed by atoms with Crippen molar-refractivity contribution in [2.75, 3.05) is 6.54 Å². The molecule has 3 rings (SSSR count). The normalized spacial score (nSPS) is 23.0. The molecule has 1 aromatic carbocycles. The lowest BCUT2D eigenvalue weighted by molar-refractivity contribution is -0.143. The van der Waals surface area contributed by atoms with E-state index in [1.807, 2.05) is 0 Å². The first-order valence-electron chi connectivity index (χ1n) is 7.09. The molecule has 1 N–H and O–H groups in total. The summed E-state index contributed by atoms with van der Waals surface area (Å²) in [6.45, 7) is 2.11. The molecule has 2 atom stereocenters. The Bertz CT molecular complexity index is 661. The quantitative estimate of drug-likeness (QED) is 0.839. The first-order chi connectivity index (χ1) is 10.5. The third-order valence-electron chi connectivity index (χ3n) is 3.92. The van der Waals surface area contributed by atoms with Gasteiger partial charge in [-0.25, -0.2) is 0 Å². The number of fused-ring (bicyclic) bond motifs is 1. The fourth-order valence-corrected chi connectivity index (χ4v) is 3.06. The molecule has 2 aliphatic rings. The lowest BCUT2D eigenvalue weighted by atomic mass is 10.1. The van der Waals surface area contributed by atoms with Gasteiger partial charge in [-0.05, 0) is 30.7 Å². The second-order valence-corrected chi connectivity index (χ2v) is 5.76. The highest BCUT2D eigenvalue weighted by atomic mass is 35.5. The molecule has 0 spiro atoms. The van der Waals surface area contributed by atoms with Crippen LogP contribution < -0.4 is 10.1 Å². The lowest BCUT2D eigenvalue weighted by Crippen LogP contribution is -2.49. The van der Waals surface area contributed by atoms with E-state index in [-0.39, 0.29) is 18.2 Å². The molecule has 0 aromatic heterocycles. The maximum Gasteiger partial charge on any atom is 0.264 e. The van der Waals surface area contributed by atoms with E-state index in [0.717, 1.165) is 5.56 Å². The van der Waals surface area contributed by atoms with Crippen LogP contribution in [0.3, 0.4) is 0 Å². The van der Waals surface area contributed by atoms with E-state index in [0.29, 0.717) is 23.7 Å². The minimum atomic E-state index is -0.749. The average molecular weight is 323 g/mol. The molecule has 116 valence electrons. The zero-order valence-electron chi connectivity index (χ0n) is 12.0. The van der Waals surface area contributed by atoms with Gasteiger partial charge in [0.25, 0.3) is 5.91 Å². The number of amides is 3. The molecule has 6 nitrogen and oxygen atoms in total. The lowest BCUT2D eigenvalue weighted by Gasteiger charge is -2.27. The van der Waals surface area contributed by atoms with E-state index in [2.05, 4.69) is 5.32 Å². The number of carbonyl (C=O) groups is 3. The van der Waals surface area contributed by atoms with Gasteiger partial charge in [-0.15, -0.1) is 0 Å². The van der Waals surface area contributed by atoms with Gasteiger partial charge >= 0.3 is 0 Å². The van der Waals surface area contributed by atoms with Crippen LogP contribution >= 0.6 is 11.6 Å². The number of nitrogens with one attached hydrogen (secondary N) is 1. The van der Waals surface area contributed by atoms with Crippen LogP contribution in [0.5, 0.6) is 5.75 Å². The van der Waals surface area contributed by atoms with Crippen molar-refractivity contribution in [1.82, 2.24) is 10.2 Å². The molecular weight excluding hydrogens is 308 g/mol. The van der Waals surface area contributed by atoms with Crippen molar-refractivity contribution in [3.05, 3.63) is 28.8 Å². The molecule has 1 aromatic rings. The fourth-order valence-electron chi connectivity index (χ4n) is 2.86. The second-order valence-electron chi connectivity index (χ2n) is 5.32. The summed E-state index contributed by atoms with van der Waals surface area (Å²) in [5.74, 6) is -0.446. The molecule has 7 heteroatoms. The number of benzene rings is 1. The van der Waals surface area contributed by atoms with Crippen LogP contribution in [-0.4, -0.2) is 41.3 Å². The molecule has 0 radical (unpaired) electrons. The molecule has 2 aliphatic heterocycles. The third-order valence-corrected chi connectivity index (χ3v) is 4.15. The zero-order chi connectivity index (χ0) is 15.9. The summed E-state index contributed by atoms with van der Waals surface area (Å²) in [6, 6.07) is 4.45. The molecule has 2 heterocycles. The number of rotatable bonds is 3. The van der Waals surface area contributed by atoms with Crippen LogP contribution in [0, 0.1) is 0 Å². The summed E-state index contributed by atoms with van der Waals surface area (Å²) in [6.07, 6.45) is -0.269. The molecular formula is C15H15ClN2O4. The smallest absolute Gasteiger partial charge is 0.264 e. The first kappa shape index (κ1) is 14.8. The third kappa shape index (κ3) is 2.54. The van der Waals surface area contributed by atoms with Crippen LogP contribution in [0.1, 0.15) is 18.9 Å². The predicted molar refractivity (Wildman–Crippen MR) is 78.5 cm³/mol. The van der Waals surface area contributed by atoms with Crippen LogP contribution in [0.2, 0.25) is 5.02 Å². The number of halogens is 1. The van der Waals surface area contributed by atoms with Crippen molar-refractivity contribution < 1.29 is 19.1 Å². The molecule has 0 bridgehead atoms. The first-order valence-corrected chi connectivity index (χ1v) is 7.46. The maximum absolute atomic E-state index is 12.6. The Morgan fingerprint density at radius 2 is 2.18 bits per heavy atom. The maximum atomic E-state index is 12.6. The minimum Gasteiger partial charge on any atom is -0.480 e. The second kappa shape index (κ2) is 5.61. The number of hydrogen-bond acceptors (Lipinski definition) is 4. The molecule has 3 amide bonds. The Morgan fingerprint density at radius 3 is 2.82 bits per heavy atom. The molecule has 0 aliphatic carbocycles. The van der Waals surface area contributed by atoms with Crippen molar-refractivity contribution in [3.8, 4) is 5.75 Å². The highest BCUT2D eigenvalue weighted by Crippen LogP contribution is 2.32. The van der Waals surface area contributed by atoms with Gasteiger partial charge in [0.15, 0.2) is 6.10 Å². The Balaban J connectivity index is 1.76. The molecule has 0 unspecified atom stereocenters. The van der Waals surface area contributed by atoms with Crippen molar-refractivity contribution in [2.45, 2.75) is 31.9 Å². The minimum absolute atomic E-state index is 0.00388. The number of carbonyl (C=O) groups excluding carboxylic acids is 3. The summed E-state index contributed by atoms with van der Waals surface area (Å²) < 4.78 is 5.66. The van der Waals surface area contributed by atoms with Crippen molar-refractivity contribution in [1.29, 1.82) is 0 Å². The van der Waals surface area contributed by atoms with Gasteiger partial charge < -0.3 is 9.64 Å². The summed E-state index contributed by atoms with van der Waals surface area (Å²) in [5, 5.41) is 2.81. The standard InChI is InChI=1S/C15H15ClN2O4/c1-2-18(10-7-13(19)17-14(10)20)15(21)12-6-8-5-9(16)3-4-11(8)22-12/h3-5,10,12H,2,6-7H2,1H3,(H,17,19,20)/t10-,12+/m0/s1. The van der Waals surface area contributed by atoms with Gasteiger partial charge in [0.1, 0.15) is 11.8 Å². The van der Waals surface area contributed by atoms with Gasteiger partial charge in [0, 0.05) is 18.0 Å². The molecule has 0 saturated carbocycles. The highest BCUT2D eigenvalue weighted by molar-refractivity contribution is 6.30. The summed E-state index contributed by atoms with van der Waals surface area (Å²) >= 11 is 5.94. The Kier molecular flexibility index (Phi) is 3.78. The Morgan fingerprint density at radius 1 is 1.41 bits per heavy atom. The highest BCUT2D eigenvalue weighted by Gasteiger charge is 2.41. The van der Waals surface area contributed by atoms with E-state index in [1.165, 1.54) is 4.90 Å². The van der Waals surface area contributed by atoms with E-state index in [1.54, 1.807) is 25.1 Å². The molecule has 22 heavy (non-hydrogen) atoms. The van der Waals surface area contributed by atoms with Gasteiger partial charge in [0.05, 0.1) is 6.42 Å². The van der Waals surface area contributed by atoms with Gasteiger partial charge in [-0.2, -0.15) is 0 Å². The summed E-state index contributed by atoms with van der Waals surface area (Å²) in [7, 11) is 0. The van der Waals surface area contributed by atoms with Crippen LogP contribution in [0.4, 0.5) is 0 Å². The largest absolute Gasteiger partial charge is 0.480 e.